The molecule has 5 heteroatoms. The normalized spacial score (nSPS) is 18.0. The van der Waals surface area contributed by atoms with E-state index in [1.165, 1.54) is 4.90 Å². The average molecular weight is 423 g/mol. The summed E-state index contributed by atoms with van der Waals surface area (Å²) < 4.78 is 0. The molecular weight excluding hydrogens is 396 g/mol. The van der Waals surface area contributed by atoms with Crippen LogP contribution in [0.2, 0.25) is 5.02 Å². The van der Waals surface area contributed by atoms with Gasteiger partial charge < -0.3 is 4.90 Å². The van der Waals surface area contributed by atoms with E-state index in [1.807, 2.05) is 55.5 Å². The van der Waals surface area contributed by atoms with Gasteiger partial charge in [-0.15, -0.1) is 0 Å². The van der Waals surface area contributed by atoms with E-state index in [4.69, 9.17) is 11.6 Å². The Bertz CT molecular complexity index is 971. The Morgan fingerprint density at radius 1 is 0.933 bits per heavy atom. The van der Waals surface area contributed by atoms with Crippen LogP contribution in [-0.4, -0.2) is 41.2 Å². The van der Waals surface area contributed by atoms with E-state index in [9.17, 15) is 9.59 Å². The maximum Gasteiger partial charge on any atom is 0.277 e. The molecule has 1 fully saturated rings. The number of carbonyl (C=O) groups excluding carboxylic acids is 2. The second kappa shape index (κ2) is 8.65. The van der Waals surface area contributed by atoms with Crippen molar-refractivity contribution in [2.24, 2.45) is 5.92 Å². The first-order valence-corrected chi connectivity index (χ1v) is 11.0. The summed E-state index contributed by atoms with van der Waals surface area (Å²) >= 11 is 5.97. The predicted molar refractivity (Wildman–Crippen MR) is 120 cm³/mol. The Kier molecular flexibility index (Phi) is 5.96. The van der Waals surface area contributed by atoms with Gasteiger partial charge in [-0.05, 0) is 55.4 Å². The van der Waals surface area contributed by atoms with E-state index in [0.717, 1.165) is 42.6 Å². The molecule has 2 amide bonds. The molecular formula is C25H27ClN2O2. The van der Waals surface area contributed by atoms with Crippen LogP contribution in [0, 0.1) is 12.8 Å². The summed E-state index contributed by atoms with van der Waals surface area (Å²) in [5.74, 6) is 0.295. The lowest BCUT2D eigenvalue weighted by molar-refractivity contribution is -0.137. The topological polar surface area (TPSA) is 40.6 Å². The van der Waals surface area contributed by atoms with Crippen LogP contribution in [0.5, 0.6) is 0 Å². The first-order chi connectivity index (χ1) is 14.4. The highest BCUT2D eigenvalue weighted by atomic mass is 35.5. The minimum absolute atomic E-state index is 0.168. The molecule has 0 radical (unpaired) electrons. The Morgan fingerprint density at radius 3 is 2.20 bits per heavy atom. The van der Waals surface area contributed by atoms with E-state index in [-0.39, 0.29) is 11.8 Å². The molecule has 4 rings (SSSR count). The van der Waals surface area contributed by atoms with Gasteiger partial charge in [0.05, 0.1) is 5.57 Å². The number of hydrogen-bond donors (Lipinski definition) is 0. The van der Waals surface area contributed by atoms with Crippen LogP contribution in [0.3, 0.4) is 0 Å². The molecule has 4 nitrogen and oxygen atoms in total. The van der Waals surface area contributed by atoms with Gasteiger partial charge in [-0.2, -0.15) is 0 Å². The third kappa shape index (κ3) is 4.15. The van der Waals surface area contributed by atoms with Gasteiger partial charge in [-0.25, -0.2) is 0 Å². The third-order valence-corrected chi connectivity index (χ3v) is 6.37. The second-order valence-electron chi connectivity index (χ2n) is 8.40. The maximum atomic E-state index is 13.4. The lowest BCUT2D eigenvalue weighted by Gasteiger charge is -2.32. The van der Waals surface area contributed by atoms with Gasteiger partial charge in [-0.3, -0.25) is 14.5 Å². The molecule has 0 bridgehead atoms. The van der Waals surface area contributed by atoms with Crippen molar-refractivity contribution in [2.45, 2.75) is 33.1 Å². The molecule has 2 aliphatic heterocycles. The fraction of sp³-hybridized carbons (Fsp3) is 0.360. The quantitative estimate of drug-likeness (QED) is 0.655. The van der Waals surface area contributed by atoms with Gasteiger partial charge in [0.2, 0.25) is 0 Å². The van der Waals surface area contributed by atoms with Gasteiger partial charge >= 0.3 is 0 Å². The van der Waals surface area contributed by atoms with E-state index < -0.39 is 0 Å². The second-order valence-corrected chi connectivity index (χ2v) is 8.83. The summed E-state index contributed by atoms with van der Waals surface area (Å²) in [7, 11) is 0. The van der Waals surface area contributed by atoms with Crippen molar-refractivity contribution in [3.8, 4) is 0 Å². The van der Waals surface area contributed by atoms with Gasteiger partial charge in [0.25, 0.3) is 11.8 Å². The number of amides is 2. The standard InChI is InChI=1S/C25H27ClN2O2/c1-17-3-7-20(8-4-17)22-23(27-14-11-18(2)12-15-27)25(30)28(24(22)29)16-13-19-5-9-21(26)10-6-19/h3-10,18H,11-16H2,1-2H3. The van der Waals surface area contributed by atoms with E-state index in [0.29, 0.717) is 35.2 Å². The molecule has 0 N–H and O–H groups in total. The zero-order valence-electron chi connectivity index (χ0n) is 17.5. The Labute approximate surface area is 183 Å². The molecule has 0 aromatic heterocycles. The first-order valence-electron chi connectivity index (χ1n) is 10.6. The Balaban J connectivity index is 1.63. The summed E-state index contributed by atoms with van der Waals surface area (Å²) in [5.41, 5.74) is 4.13. The zero-order chi connectivity index (χ0) is 21.3. The van der Waals surface area contributed by atoms with Crippen LogP contribution in [0.15, 0.2) is 54.2 Å². The largest absolute Gasteiger partial charge is 0.366 e. The molecule has 0 unspecified atom stereocenters. The molecule has 2 aliphatic rings. The number of rotatable bonds is 5. The lowest BCUT2D eigenvalue weighted by Crippen LogP contribution is -2.39. The van der Waals surface area contributed by atoms with Crippen molar-refractivity contribution < 1.29 is 9.59 Å². The van der Waals surface area contributed by atoms with Crippen molar-refractivity contribution >= 4 is 29.0 Å². The van der Waals surface area contributed by atoms with E-state index >= 15 is 0 Å². The number of benzene rings is 2. The molecule has 1 saturated heterocycles. The predicted octanol–water partition coefficient (Wildman–Crippen LogP) is 4.70. The van der Waals surface area contributed by atoms with Gasteiger partial charge in [0.1, 0.15) is 5.70 Å². The SMILES string of the molecule is Cc1ccc(C2=C(N3CCC(C)CC3)C(=O)N(CCc3ccc(Cl)cc3)C2=O)cc1. The highest BCUT2D eigenvalue weighted by molar-refractivity contribution is 6.35. The molecule has 0 spiro atoms. The number of nitrogens with zero attached hydrogens (tertiary/aromatic N) is 2. The molecule has 0 atom stereocenters. The van der Waals surface area contributed by atoms with Crippen molar-refractivity contribution in [2.75, 3.05) is 19.6 Å². The van der Waals surface area contributed by atoms with Crippen LogP contribution < -0.4 is 0 Å². The van der Waals surface area contributed by atoms with Crippen LogP contribution in [0.25, 0.3) is 5.57 Å². The molecule has 156 valence electrons. The van der Waals surface area contributed by atoms with Crippen molar-refractivity contribution in [3.05, 3.63) is 75.9 Å². The van der Waals surface area contributed by atoms with Crippen LogP contribution >= 0.6 is 11.6 Å². The minimum Gasteiger partial charge on any atom is -0.366 e. The number of likely N-dealkylation sites (tertiary alicyclic amines) is 1. The summed E-state index contributed by atoms with van der Waals surface area (Å²) in [6, 6.07) is 15.4. The lowest BCUT2D eigenvalue weighted by atomic mass is 9.97. The van der Waals surface area contributed by atoms with Crippen LogP contribution in [0.4, 0.5) is 0 Å². The molecule has 0 saturated carbocycles. The number of hydrogen-bond acceptors (Lipinski definition) is 3. The van der Waals surface area contributed by atoms with Gasteiger partial charge in [0, 0.05) is 24.7 Å². The highest BCUT2D eigenvalue weighted by Crippen LogP contribution is 2.34. The van der Waals surface area contributed by atoms with E-state index in [1.54, 1.807) is 0 Å². The number of imide groups is 1. The smallest absolute Gasteiger partial charge is 0.277 e. The van der Waals surface area contributed by atoms with Crippen molar-refractivity contribution in [3.63, 3.8) is 0 Å². The van der Waals surface area contributed by atoms with Crippen LogP contribution in [-0.2, 0) is 16.0 Å². The number of carbonyl (C=O) groups is 2. The summed E-state index contributed by atoms with van der Waals surface area (Å²) in [6.45, 7) is 6.26. The molecule has 2 aromatic rings. The van der Waals surface area contributed by atoms with Gasteiger partial charge in [0.15, 0.2) is 0 Å². The summed E-state index contributed by atoms with van der Waals surface area (Å²) in [4.78, 5) is 30.3. The average Bonchev–Trinajstić information content (AvgIpc) is 2.99. The van der Waals surface area contributed by atoms with Crippen molar-refractivity contribution in [1.82, 2.24) is 9.80 Å². The summed E-state index contributed by atoms with van der Waals surface area (Å²) in [6.07, 6.45) is 2.69. The van der Waals surface area contributed by atoms with Crippen LogP contribution in [0.1, 0.15) is 36.5 Å². The maximum absolute atomic E-state index is 13.4. The first kappa shape index (κ1) is 20.7. The minimum atomic E-state index is -0.188. The molecule has 2 heterocycles. The molecule has 30 heavy (non-hydrogen) atoms. The molecule has 0 aliphatic carbocycles. The number of piperidine rings is 1. The fourth-order valence-corrected chi connectivity index (χ4v) is 4.29. The fourth-order valence-electron chi connectivity index (χ4n) is 4.16. The third-order valence-electron chi connectivity index (χ3n) is 6.12. The zero-order valence-corrected chi connectivity index (χ0v) is 18.3. The Morgan fingerprint density at radius 2 is 1.57 bits per heavy atom. The number of aryl methyl sites for hydroxylation is 1. The van der Waals surface area contributed by atoms with Gasteiger partial charge in [-0.1, -0.05) is 60.5 Å². The number of halogens is 1. The monoisotopic (exact) mass is 422 g/mol. The highest BCUT2D eigenvalue weighted by Gasteiger charge is 2.41. The summed E-state index contributed by atoms with van der Waals surface area (Å²) in [5, 5.41) is 0.678. The molecule has 2 aromatic carbocycles. The van der Waals surface area contributed by atoms with E-state index in [2.05, 4.69) is 11.8 Å². The van der Waals surface area contributed by atoms with Crippen molar-refractivity contribution in [1.29, 1.82) is 0 Å². The Hall–Kier alpha value is -2.59.